The van der Waals surface area contributed by atoms with Gasteiger partial charge in [0, 0.05) is 11.4 Å². The van der Waals surface area contributed by atoms with Crippen molar-refractivity contribution in [3.05, 3.63) is 36.4 Å². The number of thioether (sulfide) groups is 1. The molecule has 1 aromatic carbocycles. The number of benzene rings is 1. The van der Waals surface area contributed by atoms with E-state index >= 15 is 0 Å². The molecule has 0 saturated carbocycles. The maximum atomic E-state index is 5.46. The lowest BCUT2D eigenvalue weighted by Crippen LogP contribution is -1.96. The van der Waals surface area contributed by atoms with Gasteiger partial charge in [0.2, 0.25) is 0 Å². The molecule has 0 saturated heterocycles. The lowest BCUT2D eigenvalue weighted by molar-refractivity contribution is 0.362. The van der Waals surface area contributed by atoms with E-state index in [9.17, 15) is 0 Å². The highest BCUT2D eigenvalue weighted by atomic mass is 32.2. The van der Waals surface area contributed by atoms with Crippen molar-refractivity contribution in [3.8, 4) is 5.75 Å². The highest BCUT2D eigenvalue weighted by molar-refractivity contribution is 7.98. The van der Waals surface area contributed by atoms with Crippen LogP contribution in [0.25, 0.3) is 0 Å². The average Bonchev–Trinajstić information content (AvgIpc) is 2.25. The zero-order valence-corrected chi connectivity index (χ0v) is 9.09. The van der Waals surface area contributed by atoms with Crippen LogP contribution in [0.3, 0.4) is 0 Å². The first kappa shape index (κ1) is 11.1. The average molecular weight is 209 g/mol. The molecule has 2 nitrogen and oxygen atoms in total. The van der Waals surface area contributed by atoms with E-state index in [4.69, 9.17) is 10.5 Å². The van der Waals surface area contributed by atoms with Crippen LogP contribution in [-0.2, 0) is 0 Å². The van der Waals surface area contributed by atoms with E-state index in [2.05, 4.69) is 6.26 Å². The van der Waals surface area contributed by atoms with E-state index in [0.717, 1.165) is 5.75 Å². The fraction of sp³-hybridized carbons (Fsp3) is 0.273. The second kappa shape index (κ2) is 6.51. The molecule has 1 aromatic rings. The molecule has 2 N–H and O–H groups in total. The second-order valence-corrected chi connectivity index (χ2v) is 3.57. The quantitative estimate of drug-likeness (QED) is 0.597. The molecule has 1 rings (SSSR count). The van der Waals surface area contributed by atoms with Gasteiger partial charge in [-0.05, 0) is 30.5 Å². The van der Waals surface area contributed by atoms with Crippen LogP contribution in [0.5, 0.6) is 5.75 Å². The molecule has 0 bridgehead atoms. The summed E-state index contributed by atoms with van der Waals surface area (Å²) in [6.45, 7) is 1.14. The molecule has 0 fully saturated rings. The van der Waals surface area contributed by atoms with Crippen molar-refractivity contribution in [3.63, 3.8) is 0 Å². The van der Waals surface area contributed by atoms with Crippen LogP contribution < -0.4 is 10.5 Å². The number of ether oxygens (including phenoxy) is 1. The van der Waals surface area contributed by atoms with Crippen molar-refractivity contribution in [1.29, 1.82) is 0 Å². The van der Waals surface area contributed by atoms with Crippen LogP contribution in [-0.4, -0.2) is 19.4 Å². The first-order chi connectivity index (χ1) is 6.86. The van der Waals surface area contributed by atoms with Crippen LogP contribution in [0.2, 0.25) is 0 Å². The summed E-state index contributed by atoms with van der Waals surface area (Å²) in [5.41, 5.74) is 5.30. The van der Waals surface area contributed by atoms with Gasteiger partial charge in [-0.1, -0.05) is 12.2 Å². The van der Waals surface area contributed by atoms with Gasteiger partial charge in [0.1, 0.15) is 12.4 Å². The van der Waals surface area contributed by atoms with Crippen molar-refractivity contribution in [2.24, 2.45) is 5.73 Å². The Bertz CT molecular complexity index is 282. The summed E-state index contributed by atoms with van der Waals surface area (Å²) in [4.78, 5) is 1.25. The van der Waals surface area contributed by atoms with Crippen LogP contribution in [0.15, 0.2) is 41.3 Å². The van der Waals surface area contributed by atoms with Gasteiger partial charge in [0.15, 0.2) is 0 Å². The first-order valence-electron chi connectivity index (χ1n) is 4.48. The molecule has 0 unspecified atom stereocenters. The molecule has 0 heterocycles. The SMILES string of the molecule is CSc1ccc(OCC=CCN)cc1. The smallest absolute Gasteiger partial charge is 0.119 e. The van der Waals surface area contributed by atoms with Gasteiger partial charge in [-0.2, -0.15) is 0 Å². The molecule has 0 spiro atoms. The highest BCUT2D eigenvalue weighted by Crippen LogP contribution is 2.18. The third kappa shape index (κ3) is 3.85. The fourth-order valence-electron chi connectivity index (χ4n) is 0.981. The second-order valence-electron chi connectivity index (χ2n) is 2.69. The molecule has 0 aliphatic heterocycles. The molecule has 0 aliphatic carbocycles. The number of nitrogens with two attached hydrogens (primary N) is 1. The molecule has 14 heavy (non-hydrogen) atoms. The zero-order chi connectivity index (χ0) is 10.2. The standard InChI is InChI=1S/C11H15NOS/c1-14-11-6-4-10(5-7-11)13-9-3-2-8-12/h2-7H,8-9,12H2,1H3. The Balaban J connectivity index is 2.40. The van der Waals surface area contributed by atoms with Crippen LogP contribution >= 0.6 is 11.8 Å². The topological polar surface area (TPSA) is 35.2 Å². The number of hydrogen-bond acceptors (Lipinski definition) is 3. The van der Waals surface area contributed by atoms with Gasteiger partial charge < -0.3 is 10.5 Å². The van der Waals surface area contributed by atoms with E-state index in [1.807, 2.05) is 36.4 Å². The summed E-state index contributed by atoms with van der Waals surface area (Å²) in [7, 11) is 0. The van der Waals surface area contributed by atoms with Crippen LogP contribution in [0.1, 0.15) is 0 Å². The molecule has 0 aliphatic rings. The Labute approximate surface area is 89.1 Å². The summed E-state index contributed by atoms with van der Waals surface area (Å²) < 4.78 is 5.46. The predicted molar refractivity (Wildman–Crippen MR) is 61.9 cm³/mol. The Morgan fingerprint density at radius 1 is 1.29 bits per heavy atom. The van der Waals surface area contributed by atoms with Crippen molar-refractivity contribution in [2.75, 3.05) is 19.4 Å². The molecule has 0 amide bonds. The van der Waals surface area contributed by atoms with Gasteiger partial charge in [-0.3, -0.25) is 0 Å². The van der Waals surface area contributed by atoms with Crippen molar-refractivity contribution >= 4 is 11.8 Å². The molecule has 3 heteroatoms. The van der Waals surface area contributed by atoms with E-state index in [-0.39, 0.29) is 0 Å². The van der Waals surface area contributed by atoms with Crippen molar-refractivity contribution in [1.82, 2.24) is 0 Å². The third-order valence-corrected chi connectivity index (χ3v) is 2.45. The largest absolute Gasteiger partial charge is 0.490 e. The molecular formula is C11H15NOS. The Morgan fingerprint density at radius 3 is 2.57 bits per heavy atom. The summed E-state index contributed by atoms with van der Waals surface area (Å²) in [5.74, 6) is 0.893. The van der Waals surface area contributed by atoms with Gasteiger partial charge in [0.25, 0.3) is 0 Å². The van der Waals surface area contributed by atoms with Gasteiger partial charge in [0.05, 0.1) is 0 Å². The van der Waals surface area contributed by atoms with Gasteiger partial charge >= 0.3 is 0 Å². The molecule has 0 radical (unpaired) electrons. The van der Waals surface area contributed by atoms with E-state index in [0.29, 0.717) is 13.2 Å². The summed E-state index contributed by atoms with van der Waals surface area (Å²) in [6.07, 6.45) is 5.86. The van der Waals surface area contributed by atoms with E-state index in [1.165, 1.54) is 4.90 Å². The summed E-state index contributed by atoms with van der Waals surface area (Å²) >= 11 is 1.72. The lowest BCUT2D eigenvalue weighted by Gasteiger charge is -2.03. The van der Waals surface area contributed by atoms with Gasteiger partial charge in [-0.15, -0.1) is 11.8 Å². The Kier molecular flexibility index (Phi) is 5.19. The predicted octanol–water partition coefficient (Wildman–Crippen LogP) is 2.30. The summed E-state index contributed by atoms with van der Waals surface area (Å²) in [5, 5.41) is 0. The molecular weight excluding hydrogens is 194 g/mol. The van der Waals surface area contributed by atoms with E-state index < -0.39 is 0 Å². The van der Waals surface area contributed by atoms with Crippen molar-refractivity contribution in [2.45, 2.75) is 4.90 Å². The van der Waals surface area contributed by atoms with E-state index in [1.54, 1.807) is 11.8 Å². The number of hydrogen-bond donors (Lipinski definition) is 1. The maximum Gasteiger partial charge on any atom is 0.119 e. The molecule has 76 valence electrons. The molecule has 0 aromatic heterocycles. The lowest BCUT2D eigenvalue weighted by atomic mass is 10.3. The minimum absolute atomic E-state index is 0.564. The van der Waals surface area contributed by atoms with Crippen LogP contribution in [0.4, 0.5) is 0 Å². The normalized spacial score (nSPS) is 10.7. The fourth-order valence-corrected chi connectivity index (χ4v) is 1.39. The number of rotatable bonds is 5. The summed E-state index contributed by atoms with van der Waals surface area (Å²) in [6, 6.07) is 8.05. The Morgan fingerprint density at radius 2 is 2.00 bits per heavy atom. The van der Waals surface area contributed by atoms with Gasteiger partial charge in [-0.25, -0.2) is 0 Å². The zero-order valence-electron chi connectivity index (χ0n) is 8.27. The Hall–Kier alpha value is -0.930. The minimum Gasteiger partial charge on any atom is -0.490 e. The maximum absolute atomic E-state index is 5.46. The van der Waals surface area contributed by atoms with Crippen LogP contribution in [0, 0.1) is 0 Å². The molecule has 0 atom stereocenters. The first-order valence-corrected chi connectivity index (χ1v) is 5.71. The third-order valence-electron chi connectivity index (χ3n) is 1.71. The minimum atomic E-state index is 0.564. The highest BCUT2D eigenvalue weighted by Gasteiger charge is 1.92. The van der Waals surface area contributed by atoms with Crippen molar-refractivity contribution < 1.29 is 4.74 Å². The monoisotopic (exact) mass is 209 g/mol.